The number of primary amides is 1. The van der Waals surface area contributed by atoms with Crippen LogP contribution in [0.4, 0.5) is 5.69 Å². The Labute approximate surface area is 121 Å². The van der Waals surface area contributed by atoms with Crippen LogP contribution in [0.1, 0.15) is 6.42 Å². The smallest absolute Gasteiger partial charge is 0.218 e. The molecule has 106 valence electrons. The van der Waals surface area contributed by atoms with Gasteiger partial charge in [0, 0.05) is 22.8 Å². The maximum atomic E-state index is 11.6. The summed E-state index contributed by atoms with van der Waals surface area (Å²) in [5, 5.41) is 0.500. The fraction of sp³-hybridized carbons (Fsp3) is 0.364. The van der Waals surface area contributed by atoms with E-state index in [1.54, 1.807) is 18.2 Å². The summed E-state index contributed by atoms with van der Waals surface area (Å²) >= 11 is 7.25. The van der Waals surface area contributed by atoms with Crippen LogP contribution in [-0.4, -0.2) is 31.6 Å². The summed E-state index contributed by atoms with van der Waals surface area (Å²) in [5.74, 6) is -0.558. The second-order valence-electron chi connectivity index (χ2n) is 3.87. The number of amides is 1. The molecule has 0 bridgehead atoms. The van der Waals surface area contributed by atoms with Crippen LogP contribution in [0.25, 0.3) is 0 Å². The van der Waals surface area contributed by atoms with E-state index in [0.29, 0.717) is 21.4 Å². The van der Waals surface area contributed by atoms with Crippen LogP contribution in [0, 0.1) is 0 Å². The Morgan fingerprint density at radius 3 is 2.58 bits per heavy atom. The minimum Gasteiger partial charge on any atom is -0.398 e. The Bertz CT molecular complexity index is 541. The lowest BCUT2D eigenvalue weighted by Crippen LogP contribution is -2.19. The third kappa shape index (κ3) is 5.71. The molecule has 19 heavy (non-hydrogen) atoms. The minimum absolute atomic E-state index is 0.0460. The second kappa shape index (κ2) is 7.02. The zero-order valence-electron chi connectivity index (χ0n) is 10.1. The Kier molecular flexibility index (Phi) is 5.96. The number of rotatable bonds is 7. The summed E-state index contributed by atoms with van der Waals surface area (Å²) in [6.45, 7) is 0. The van der Waals surface area contributed by atoms with E-state index in [-0.39, 0.29) is 17.9 Å². The first-order chi connectivity index (χ1) is 8.82. The van der Waals surface area contributed by atoms with Gasteiger partial charge in [0.15, 0.2) is 9.84 Å². The molecule has 0 aliphatic rings. The van der Waals surface area contributed by atoms with Gasteiger partial charge in [-0.15, -0.1) is 11.8 Å². The first-order valence-corrected chi connectivity index (χ1v) is 8.66. The third-order valence-corrected chi connectivity index (χ3v) is 5.79. The summed E-state index contributed by atoms with van der Waals surface area (Å²) in [6.07, 6.45) is -0.152. The molecular weight excluding hydrogens is 308 g/mol. The monoisotopic (exact) mass is 322 g/mol. The van der Waals surface area contributed by atoms with Crippen molar-refractivity contribution in [3.8, 4) is 0 Å². The molecule has 0 aliphatic carbocycles. The fourth-order valence-corrected chi connectivity index (χ4v) is 4.36. The topological polar surface area (TPSA) is 103 Å². The molecule has 0 fully saturated rings. The number of nitrogens with two attached hydrogens (primary N) is 2. The number of thioether (sulfide) groups is 1. The van der Waals surface area contributed by atoms with Crippen molar-refractivity contribution in [2.45, 2.75) is 11.3 Å². The predicted molar refractivity (Wildman–Crippen MR) is 79.1 cm³/mol. The average Bonchev–Trinajstić information content (AvgIpc) is 2.31. The van der Waals surface area contributed by atoms with Crippen LogP contribution in [-0.2, 0) is 14.6 Å². The van der Waals surface area contributed by atoms with Crippen LogP contribution in [0.15, 0.2) is 23.1 Å². The molecule has 0 saturated heterocycles. The minimum atomic E-state index is -3.28. The van der Waals surface area contributed by atoms with Crippen molar-refractivity contribution in [3.05, 3.63) is 23.2 Å². The molecule has 0 unspecified atom stereocenters. The Morgan fingerprint density at radius 1 is 1.32 bits per heavy atom. The van der Waals surface area contributed by atoms with Gasteiger partial charge in [0.1, 0.15) is 0 Å². The zero-order valence-corrected chi connectivity index (χ0v) is 12.5. The van der Waals surface area contributed by atoms with E-state index < -0.39 is 15.7 Å². The summed E-state index contributed by atoms with van der Waals surface area (Å²) in [7, 11) is -3.28. The van der Waals surface area contributed by atoms with Gasteiger partial charge >= 0.3 is 0 Å². The van der Waals surface area contributed by atoms with E-state index in [0.717, 1.165) is 0 Å². The van der Waals surface area contributed by atoms with Crippen molar-refractivity contribution in [2.75, 3.05) is 23.0 Å². The van der Waals surface area contributed by atoms with Gasteiger partial charge in [0.2, 0.25) is 5.91 Å². The van der Waals surface area contributed by atoms with E-state index in [4.69, 9.17) is 23.1 Å². The molecule has 1 rings (SSSR count). The van der Waals surface area contributed by atoms with Gasteiger partial charge in [-0.3, -0.25) is 4.79 Å². The number of hydrogen-bond acceptors (Lipinski definition) is 5. The predicted octanol–water partition coefficient (Wildman–Crippen LogP) is 1.30. The highest BCUT2D eigenvalue weighted by Crippen LogP contribution is 2.32. The summed E-state index contributed by atoms with van der Waals surface area (Å²) < 4.78 is 23.2. The number of carbonyl (C=O) groups is 1. The van der Waals surface area contributed by atoms with Gasteiger partial charge < -0.3 is 11.5 Å². The molecule has 0 aromatic heterocycles. The molecule has 8 heteroatoms. The molecule has 5 nitrogen and oxygen atoms in total. The van der Waals surface area contributed by atoms with Gasteiger partial charge in [0.25, 0.3) is 0 Å². The molecule has 0 saturated carbocycles. The number of sulfone groups is 1. The average molecular weight is 323 g/mol. The lowest BCUT2D eigenvalue weighted by atomic mass is 10.3. The number of nitrogen functional groups attached to an aromatic ring is 1. The molecule has 1 amide bonds. The van der Waals surface area contributed by atoms with Crippen LogP contribution in [0.2, 0.25) is 5.02 Å². The summed E-state index contributed by atoms with van der Waals surface area (Å²) in [6, 6.07) is 5.13. The van der Waals surface area contributed by atoms with E-state index in [2.05, 4.69) is 0 Å². The van der Waals surface area contributed by atoms with Crippen LogP contribution in [0.3, 0.4) is 0 Å². The van der Waals surface area contributed by atoms with Crippen LogP contribution < -0.4 is 11.5 Å². The first-order valence-electron chi connectivity index (χ1n) is 5.47. The molecule has 1 aromatic carbocycles. The molecular formula is C11H15ClN2O3S2. The number of benzene rings is 1. The summed E-state index contributed by atoms with van der Waals surface area (Å²) in [5.41, 5.74) is 11.2. The van der Waals surface area contributed by atoms with E-state index in [1.165, 1.54) is 11.8 Å². The summed E-state index contributed by atoms with van der Waals surface area (Å²) in [4.78, 5) is 11.2. The molecule has 0 spiro atoms. The third-order valence-electron chi connectivity index (χ3n) is 2.30. The highest BCUT2D eigenvalue weighted by Gasteiger charge is 2.13. The van der Waals surface area contributed by atoms with Gasteiger partial charge in [-0.05, 0) is 12.1 Å². The quantitative estimate of drug-likeness (QED) is 0.582. The maximum absolute atomic E-state index is 11.6. The molecule has 1 aromatic rings. The largest absolute Gasteiger partial charge is 0.398 e. The zero-order chi connectivity index (χ0) is 14.5. The maximum Gasteiger partial charge on any atom is 0.218 e. The second-order valence-corrected chi connectivity index (χ2v) is 7.69. The number of hydrogen-bond donors (Lipinski definition) is 2. The number of carbonyl (C=O) groups excluding carboxylic acids is 1. The van der Waals surface area contributed by atoms with Crippen LogP contribution in [0.5, 0.6) is 0 Å². The van der Waals surface area contributed by atoms with Crippen molar-refractivity contribution in [3.63, 3.8) is 0 Å². The van der Waals surface area contributed by atoms with E-state index >= 15 is 0 Å². The lowest BCUT2D eigenvalue weighted by molar-refractivity contribution is -0.117. The Hall–Kier alpha value is -0.920. The Balaban J connectivity index is 2.52. The van der Waals surface area contributed by atoms with Crippen molar-refractivity contribution in [2.24, 2.45) is 5.73 Å². The lowest BCUT2D eigenvalue weighted by Gasteiger charge is -2.07. The van der Waals surface area contributed by atoms with Gasteiger partial charge in [0.05, 0.1) is 16.5 Å². The van der Waals surface area contributed by atoms with Crippen molar-refractivity contribution >= 4 is 44.8 Å². The molecule has 0 radical (unpaired) electrons. The molecule has 4 N–H and O–H groups in total. The SMILES string of the molecule is NC(=O)CCS(=O)(=O)CCSc1c(N)cccc1Cl. The highest BCUT2D eigenvalue weighted by atomic mass is 35.5. The standard InChI is InChI=1S/C11H15ClN2O3S2/c12-8-2-1-3-9(13)11(8)18-5-7-19(16,17)6-4-10(14)15/h1-3H,4-7,13H2,(H2,14,15). The first kappa shape index (κ1) is 16.1. The normalized spacial score (nSPS) is 11.4. The van der Waals surface area contributed by atoms with Crippen LogP contribution >= 0.6 is 23.4 Å². The Morgan fingerprint density at radius 2 is 2.00 bits per heavy atom. The van der Waals surface area contributed by atoms with Crippen molar-refractivity contribution in [1.82, 2.24) is 0 Å². The fourth-order valence-electron chi connectivity index (χ4n) is 1.31. The van der Waals surface area contributed by atoms with Crippen molar-refractivity contribution < 1.29 is 13.2 Å². The van der Waals surface area contributed by atoms with Gasteiger partial charge in [-0.25, -0.2) is 8.42 Å². The molecule has 0 aliphatic heterocycles. The molecule has 0 heterocycles. The molecule has 0 atom stereocenters. The number of halogens is 1. The van der Waals surface area contributed by atoms with E-state index in [9.17, 15) is 13.2 Å². The van der Waals surface area contributed by atoms with Crippen molar-refractivity contribution in [1.29, 1.82) is 0 Å². The van der Waals surface area contributed by atoms with Gasteiger partial charge in [-0.2, -0.15) is 0 Å². The highest BCUT2D eigenvalue weighted by molar-refractivity contribution is 8.01. The van der Waals surface area contributed by atoms with E-state index in [1.807, 2.05) is 0 Å². The number of anilines is 1. The van der Waals surface area contributed by atoms with Gasteiger partial charge in [-0.1, -0.05) is 17.7 Å².